The first-order valence-corrected chi connectivity index (χ1v) is 6.42. The molecule has 0 saturated heterocycles. The molecule has 2 rings (SSSR count). The number of hydrogen-bond acceptors (Lipinski definition) is 1. The normalized spacial score (nSPS) is 12.7. The zero-order valence-electron chi connectivity index (χ0n) is 7.58. The highest BCUT2D eigenvalue weighted by Gasteiger charge is 2.16. The fourth-order valence-electron chi connectivity index (χ4n) is 1.30. The van der Waals surface area contributed by atoms with Gasteiger partial charge < -0.3 is 0 Å². The van der Waals surface area contributed by atoms with Gasteiger partial charge >= 0.3 is 0 Å². The van der Waals surface area contributed by atoms with Crippen LogP contribution in [0.2, 0.25) is 0 Å². The van der Waals surface area contributed by atoms with Crippen LogP contribution >= 0.6 is 38.9 Å². The summed E-state index contributed by atoms with van der Waals surface area (Å²) in [5.41, 5.74) is 0.763. The molecule has 0 aliphatic rings. The first kappa shape index (κ1) is 11.1. The Balaban J connectivity index is 2.42. The Morgan fingerprint density at radius 1 is 1.27 bits per heavy atom. The van der Waals surface area contributed by atoms with E-state index in [4.69, 9.17) is 11.6 Å². The van der Waals surface area contributed by atoms with Gasteiger partial charge in [0.25, 0.3) is 0 Å². The predicted molar refractivity (Wildman–Crippen MR) is 66.1 cm³/mol. The lowest BCUT2D eigenvalue weighted by Crippen LogP contribution is -1.93. The van der Waals surface area contributed by atoms with Crippen molar-refractivity contribution in [2.75, 3.05) is 0 Å². The van der Waals surface area contributed by atoms with Crippen LogP contribution in [0, 0.1) is 5.82 Å². The van der Waals surface area contributed by atoms with Crippen molar-refractivity contribution in [3.63, 3.8) is 0 Å². The molecule has 0 aliphatic carbocycles. The predicted octanol–water partition coefficient (Wildman–Crippen LogP) is 4.98. The largest absolute Gasteiger partial charge is 0.206 e. The fraction of sp³-hybridized carbons (Fsp3) is 0.0909. The summed E-state index contributed by atoms with van der Waals surface area (Å²) in [4.78, 5) is 1.02. The van der Waals surface area contributed by atoms with E-state index in [1.165, 1.54) is 6.07 Å². The molecular formula is C11H7BrClFS. The molecule has 0 aliphatic heterocycles. The average molecular weight is 306 g/mol. The molecular weight excluding hydrogens is 299 g/mol. The zero-order chi connectivity index (χ0) is 10.8. The van der Waals surface area contributed by atoms with Gasteiger partial charge in [-0.25, -0.2) is 4.39 Å². The van der Waals surface area contributed by atoms with Gasteiger partial charge in [-0.3, -0.25) is 0 Å². The number of thiophene rings is 1. The number of hydrogen-bond donors (Lipinski definition) is 0. The summed E-state index contributed by atoms with van der Waals surface area (Å²) in [5.74, 6) is -0.283. The van der Waals surface area contributed by atoms with Gasteiger partial charge in [0.1, 0.15) is 5.82 Å². The highest BCUT2D eigenvalue weighted by atomic mass is 79.9. The van der Waals surface area contributed by atoms with Crippen LogP contribution in [-0.2, 0) is 0 Å². The van der Waals surface area contributed by atoms with E-state index in [2.05, 4.69) is 15.9 Å². The van der Waals surface area contributed by atoms with Crippen molar-refractivity contribution in [2.24, 2.45) is 0 Å². The lowest BCUT2D eigenvalue weighted by molar-refractivity contribution is 0.618. The van der Waals surface area contributed by atoms with Crippen LogP contribution in [-0.4, -0.2) is 0 Å². The summed E-state index contributed by atoms with van der Waals surface area (Å²) in [7, 11) is 0. The first-order valence-electron chi connectivity index (χ1n) is 4.31. The average Bonchev–Trinajstić information content (AvgIpc) is 2.74. The summed E-state index contributed by atoms with van der Waals surface area (Å²) >= 11 is 11.0. The van der Waals surface area contributed by atoms with Crippen LogP contribution in [0.15, 0.2) is 40.2 Å². The minimum atomic E-state index is -0.296. The summed E-state index contributed by atoms with van der Waals surface area (Å²) in [5, 5.41) is 1.66. The van der Waals surface area contributed by atoms with E-state index in [9.17, 15) is 4.39 Å². The molecule has 0 spiro atoms. The Morgan fingerprint density at radius 2 is 2.07 bits per heavy atom. The number of alkyl halides is 1. The van der Waals surface area contributed by atoms with E-state index in [-0.39, 0.29) is 11.2 Å². The molecule has 1 aromatic carbocycles. The van der Waals surface area contributed by atoms with E-state index in [1.807, 2.05) is 23.6 Å². The van der Waals surface area contributed by atoms with E-state index < -0.39 is 0 Å². The minimum absolute atomic E-state index is 0.283. The van der Waals surface area contributed by atoms with Gasteiger partial charge in [-0.15, -0.1) is 22.9 Å². The Kier molecular flexibility index (Phi) is 3.44. The minimum Gasteiger partial charge on any atom is -0.206 e. The number of benzene rings is 1. The maximum atomic E-state index is 13.3. The molecule has 1 atom stereocenters. The molecule has 0 fully saturated rings. The van der Waals surface area contributed by atoms with Gasteiger partial charge in [0.05, 0.1) is 9.85 Å². The van der Waals surface area contributed by atoms with Crippen molar-refractivity contribution in [3.8, 4) is 0 Å². The Bertz CT molecular complexity index is 456. The van der Waals surface area contributed by atoms with Crippen molar-refractivity contribution in [1.29, 1.82) is 0 Å². The second-order valence-corrected chi connectivity index (χ2v) is 5.23. The van der Waals surface area contributed by atoms with Gasteiger partial charge in [-0.05, 0) is 39.0 Å². The third-order valence-electron chi connectivity index (χ3n) is 2.05. The third kappa shape index (κ3) is 2.25. The van der Waals surface area contributed by atoms with Crippen molar-refractivity contribution in [2.45, 2.75) is 5.38 Å². The SMILES string of the molecule is Fc1cccc(C(Cl)c2cccs2)c1Br. The number of rotatable bonds is 2. The second-order valence-electron chi connectivity index (χ2n) is 3.02. The first-order chi connectivity index (χ1) is 7.20. The van der Waals surface area contributed by atoms with Crippen LogP contribution < -0.4 is 0 Å². The Hall–Kier alpha value is -0.380. The van der Waals surface area contributed by atoms with Crippen LogP contribution in [0.5, 0.6) is 0 Å². The molecule has 15 heavy (non-hydrogen) atoms. The van der Waals surface area contributed by atoms with E-state index >= 15 is 0 Å². The summed E-state index contributed by atoms with van der Waals surface area (Å²) in [6.45, 7) is 0. The lowest BCUT2D eigenvalue weighted by Gasteiger charge is -2.10. The van der Waals surface area contributed by atoms with Crippen LogP contribution in [0.1, 0.15) is 15.8 Å². The molecule has 0 bridgehead atoms. The monoisotopic (exact) mass is 304 g/mol. The molecule has 78 valence electrons. The van der Waals surface area contributed by atoms with Gasteiger partial charge in [-0.1, -0.05) is 18.2 Å². The smallest absolute Gasteiger partial charge is 0.137 e. The van der Waals surface area contributed by atoms with E-state index in [0.29, 0.717) is 4.47 Å². The van der Waals surface area contributed by atoms with Gasteiger partial charge in [-0.2, -0.15) is 0 Å². The Labute approximate surface area is 105 Å². The molecule has 0 radical (unpaired) electrons. The topological polar surface area (TPSA) is 0 Å². The Morgan fingerprint density at radius 3 is 2.73 bits per heavy atom. The molecule has 0 nitrogen and oxygen atoms in total. The molecule has 1 aromatic heterocycles. The van der Waals surface area contributed by atoms with Crippen LogP contribution in [0.25, 0.3) is 0 Å². The standard InChI is InChI=1S/C11H7BrClFS/c12-10-7(3-1-4-8(10)14)11(13)9-5-2-6-15-9/h1-6,11H. The lowest BCUT2D eigenvalue weighted by atomic mass is 10.1. The van der Waals surface area contributed by atoms with Crippen molar-refractivity contribution in [3.05, 3.63) is 56.4 Å². The summed E-state index contributed by atoms with van der Waals surface area (Å²) < 4.78 is 13.7. The molecule has 4 heteroatoms. The molecule has 0 amide bonds. The zero-order valence-corrected chi connectivity index (χ0v) is 10.7. The van der Waals surface area contributed by atoms with E-state index in [1.54, 1.807) is 17.4 Å². The molecule has 0 N–H and O–H groups in total. The van der Waals surface area contributed by atoms with Crippen LogP contribution in [0.4, 0.5) is 4.39 Å². The number of halogens is 3. The fourth-order valence-corrected chi connectivity index (χ4v) is 3.06. The van der Waals surface area contributed by atoms with Gasteiger partial charge in [0.2, 0.25) is 0 Å². The van der Waals surface area contributed by atoms with Gasteiger partial charge in [0.15, 0.2) is 0 Å². The summed E-state index contributed by atoms with van der Waals surface area (Å²) in [6.07, 6.45) is 0. The third-order valence-corrected chi connectivity index (χ3v) is 4.42. The highest BCUT2D eigenvalue weighted by Crippen LogP contribution is 2.36. The molecule has 1 heterocycles. The summed E-state index contributed by atoms with van der Waals surface area (Å²) in [6, 6.07) is 8.77. The quantitative estimate of drug-likeness (QED) is 0.687. The molecule has 1 unspecified atom stereocenters. The van der Waals surface area contributed by atoms with Crippen molar-refractivity contribution in [1.82, 2.24) is 0 Å². The van der Waals surface area contributed by atoms with E-state index in [0.717, 1.165) is 10.4 Å². The molecule has 0 saturated carbocycles. The molecule has 2 aromatic rings. The second kappa shape index (κ2) is 4.64. The van der Waals surface area contributed by atoms with Gasteiger partial charge in [0, 0.05) is 4.88 Å². The maximum Gasteiger partial charge on any atom is 0.137 e. The highest BCUT2D eigenvalue weighted by molar-refractivity contribution is 9.10. The maximum absolute atomic E-state index is 13.3. The van der Waals surface area contributed by atoms with Crippen LogP contribution in [0.3, 0.4) is 0 Å². The van der Waals surface area contributed by atoms with Crippen molar-refractivity contribution >= 4 is 38.9 Å². The van der Waals surface area contributed by atoms with Crippen molar-refractivity contribution < 1.29 is 4.39 Å².